The molecule has 1 aliphatic rings. The summed E-state index contributed by atoms with van der Waals surface area (Å²) in [5, 5.41) is 3.55. The molecule has 1 aliphatic carbocycles. The Balaban J connectivity index is 2.27. The second kappa shape index (κ2) is 5.64. The minimum atomic E-state index is -3.52. The minimum Gasteiger partial charge on any atom is -0.316 e. The van der Waals surface area contributed by atoms with Crippen LogP contribution in [-0.2, 0) is 16.6 Å². The van der Waals surface area contributed by atoms with Gasteiger partial charge in [0.25, 0.3) is 0 Å². The van der Waals surface area contributed by atoms with Crippen molar-refractivity contribution in [2.75, 3.05) is 7.05 Å². The number of hydrogen-bond donors (Lipinski definition) is 2. The van der Waals surface area contributed by atoms with Crippen LogP contribution in [0.3, 0.4) is 0 Å². The number of halogens is 1. The van der Waals surface area contributed by atoms with E-state index in [0.717, 1.165) is 18.4 Å². The lowest BCUT2D eigenvalue weighted by Crippen LogP contribution is -2.45. The fourth-order valence-electron chi connectivity index (χ4n) is 2.34. The van der Waals surface area contributed by atoms with Gasteiger partial charge in [-0.2, -0.15) is 0 Å². The molecule has 2 rings (SSSR count). The lowest BCUT2D eigenvalue weighted by Gasteiger charge is -2.26. The van der Waals surface area contributed by atoms with Gasteiger partial charge in [-0.05, 0) is 63.4 Å². The van der Waals surface area contributed by atoms with Crippen molar-refractivity contribution in [2.45, 2.75) is 43.7 Å². The molecule has 0 aromatic heterocycles. The van der Waals surface area contributed by atoms with Crippen LogP contribution in [0, 0.1) is 5.92 Å². The molecule has 1 saturated carbocycles. The van der Waals surface area contributed by atoms with Gasteiger partial charge in [0.15, 0.2) is 0 Å². The molecular weight excluding hydrogens is 296 g/mol. The number of benzene rings is 1. The van der Waals surface area contributed by atoms with Gasteiger partial charge >= 0.3 is 0 Å². The number of rotatable bonds is 6. The van der Waals surface area contributed by atoms with Gasteiger partial charge in [0, 0.05) is 17.1 Å². The lowest BCUT2D eigenvalue weighted by molar-refractivity contribution is 0.400. The maximum Gasteiger partial charge on any atom is 0.241 e. The summed E-state index contributed by atoms with van der Waals surface area (Å²) in [5.74, 6) is 0.432. The van der Waals surface area contributed by atoms with Crippen LogP contribution in [0.2, 0.25) is 5.02 Å². The molecule has 0 amide bonds. The molecule has 0 aliphatic heterocycles. The molecule has 0 bridgehead atoms. The van der Waals surface area contributed by atoms with Crippen molar-refractivity contribution in [1.29, 1.82) is 0 Å². The molecule has 0 radical (unpaired) electrons. The Bertz CT molecular complexity index is 595. The monoisotopic (exact) mass is 316 g/mol. The third kappa shape index (κ3) is 3.52. The highest BCUT2D eigenvalue weighted by Gasteiger charge is 2.40. The van der Waals surface area contributed by atoms with Crippen LogP contribution in [0.15, 0.2) is 23.1 Å². The van der Waals surface area contributed by atoms with Gasteiger partial charge in [-0.15, -0.1) is 0 Å². The van der Waals surface area contributed by atoms with E-state index in [9.17, 15) is 8.42 Å². The molecule has 1 fully saturated rings. The molecular formula is C14H21ClN2O2S. The lowest BCUT2D eigenvalue weighted by atomic mass is 10.0. The molecule has 0 saturated heterocycles. The highest BCUT2D eigenvalue weighted by atomic mass is 35.5. The van der Waals surface area contributed by atoms with Gasteiger partial charge in [0.05, 0.1) is 4.90 Å². The average molecular weight is 317 g/mol. The Morgan fingerprint density at radius 1 is 1.35 bits per heavy atom. The molecule has 20 heavy (non-hydrogen) atoms. The molecule has 1 aromatic rings. The summed E-state index contributed by atoms with van der Waals surface area (Å²) < 4.78 is 27.8. The van der Waals surface area contributed by atoms with Gasteiger partial charge in [-0.25, -0.2) is 13.1 Å². The van der Waals surface area contributed by atoms with E-state index in [2.05, 4.69) is 10.0 Å². The summed E-state index contributed by atoms with van der Waals surface area (Å²) >= 11 is 6.06. The summed E-state index contributed by atoms with van der Waals surface area (Å²) in [6, 6.07) is 4.81. The van der Waals surface area contributed by atoms with Gasteiger partial charge in [0.2, 0.25) is 10.0 Å². The summed E-state index contributed by atoms with van der Waals surface area (Å²) in [4.78, 5) is 0.265. The van der Waals surface area contributed by atoms with Crippen molar-refractivity contribution in [1.82, 2.24) is 10.0 Å². The van der Waals surface area contributed by atoms with E-state index >= 15 is 0 Å². The molecule has 0 spiro atoms. The fourth-order valence-corrected chi connectivity index (χ4v) is 4.04. The van der Waals surface area contributed by atoms with E-state index in [1.54, 1.807) is 25.2 Å². The standard InChI is InChI=1S/C14H21ClN2O2S/c1-14(2,11-4-5-11)17-20(18,19)12-6-7-13(15)10(8-12)9-16-3/h6-8,11,16-17H,4-5,9H2,1-3H3. The van der Waals surface area contributed by atoms with Crippen molar-refractivity contribution >= 4 is 21.6 Å². The van der Waals surface area contributed by atoms with Crippen molar-refractivity contribution in [3.63, 3.8) is 0 Å². The van der Waals surface area contributed by atoms with Gasteiger partial charge in [0.1, 0.15) is 0 Å². The second-order valence-corrected chi connectivity index (χ2v) is 7.97. The van der Waals surface area contributed by atoms with Crippen LogP contribution in [0.4, 0.5) is 0 Å². The van der Waals surface area contributed by atoms with Gasteiger partial charge in [-0.1, -0.05) is 11.6 Å². The van der Waals surface area contributed by atoms with E-state index in [4.69, 9.17) is 11.6 Å². The zero-order valence-electron chi connectivity index (χ0n) is 12.0. The Morgan fingerprint density at radius 2 is 2.00 bits per heavy atom. The Kier molecular flexibility index (Phi) is 4.44. The quantitative estimate of drug-likeness (QED) is 0.848. The Morgan fingerprint density at radius 3 is 2.55 bits per heavy atom. The first-order valence-electron chi connectivity index (χ1n) is 6.73. The highest BCUT2D eigenvalue weighted by Crippen LogP contribution is 2.40. The number of sulfonamides is 1. The minimum absolute atomic E-state index is 0.265. The average Bonchev–Trinajstić information content (AvgIpc) is 3.14. The molecule has 0 unspecified atom stereocenters. The van der Waals surface area contributed by atoms with Crippen LogP contribution in [0.5, 0.6) is 0 Å². The van der Waals surface area contributed by atoms with Crippen LogP contribution < -0.4 is 10.0 Å². The van der Waals surface area contributed by atoms with Crippen molar-refractivity contribution in [2.24, 2.45) is 5.92 Å². The third-order valence-corrected chi connectivity index (χ3v) is 5.73. The predicted molar refractivity (Wildman–Crippen MR) is 81.3 cm³/mol. The molecule has 0 heterocycles. The van der Waals surface area contributed by atoms with Crippen molar-refractivity contribution in [3.8, 4) is 0 Å². The van der Waals surface area contributed by atoms with E-state index in [0.29, 0.717) is 17.5 Å². The number of hydrogen-bond acceptors (Lipinski definition) is 3. The van der Waals surface area contributed by atoms with Crippen LogP contribution in [-0.4, -0.2) is 21.0 Å². The van der Waals surface area contributed by atoms with E-state index in [1.807, 2.05) is 13.8 Å². The molecule has 0 atom stereocenters. The number of nitrogens with one attached hydrogen (secondary N) is 2. The third-order valence-electron chi connectivity index (χ3n) is 3.69. The van der Waals surface area contributed by atoms with Crippen molar-refractivity contribution in [3.05, 3.63) is 28.8 Å². The van der Waals surface area contributed by atoms with Gasteiger partial charge in [-0.3, -0.25) is 0 Å². The Labute approximate surface area is 126 Å². The first-order chi connectivity index (χ1) is 9.26. The summed E-state index contributed by atoms with van der Waals surface area (Å²) in [7, 11) is -1.72. The fraction of sp³-hybridized carbons (Fsp3) is 0.571. The van der Waals surface area contributed by atoms with Crippen LogP contribution in [0.1, 0.15) is 32.3 Å². The molecule has 1 aromatic carbocycles. The first kappa shape index (κ1) is 15.8. The Hall–Kier alpha value is -0.620. The van der Waals surface area contributed by atoms with E-state index in [-0.39, 0.29) is 4.90 Å². The first-order valence-corrected chi connectivity index (χ1v) is 8.59. The smallest absolute Gasteiger partial charge is 0.241 e. The predicted octanol–water partition coefficient (Wildman–Crippen LogP) is 2.53. The molecule has 6 heteroatoms. The summed E-state index contributed by atoms with van der Waals surface area (Å²) in [6.07, 6.45) is 2.17. The topological polar surface area (TPSA) is 58.2 Å². The highest BCUT2D eigenvalue weighted by molar-refractivity contribution is 7.89. The van der Waals surface area contributed by atoms with Crippen LogP contribution >= 0.6 is 11.6 Å². The molecule has 112 valence electrons. The zero-order valence-corrected chi connectivity index (χ0v) is 13.6. The molecule has 2 N–H and O–H groups in total. The normalized spacial score (nSPS) is 16.4. The zero-order chi connectivity index (χ0) is 15.0. The van der Waals surface area contributed by atoms with Crippen molar-refractivity contribution < 1.29 is 8.42 Å². The maximum atomic E-state index is 12.5. The maximum absolute atomic E-state index is 12.5. The van der Waals surface area contributed by atoms with Gasteiger partial charge < -0.3 is 5.32 Å². The van der Waals surface area contributed by atoms with Crippen LogP contribution in [0.25, 0.3) is 0 Å². The van der Waals surface area contributed by atoms with E-state index < -0.39 is 15.6 Å². The van der Waals surface area contributed by atoms with E-state index in [1.165, 1.54) is 0 Å². The largest absolute Gasteiger partial charge is 0.316 e. The summed E-state index contributed by atoms with van der Waals surface area (Å²) in [5.41, 5.74) is 0.378. The SMILES string of the molecule is CNCc1cc(S(=O)(=O)NC(C)(C)C2CC2)ccc1Cl. The molecule has 4 nitrogen and oxygen atoms in total. The second-order valence-electron chi connectivity index (χ2n) is 5.89. The summed E-state index contributed by atoms with van der Waals surface area (Å²) in [6.45, 7) is 4.41.